The Balaban J connectivity index is 1.37. The third kappa shape index (κ3) is 6.41. The van der Waals surface area contributed by atoms with E-state index in [2.05, 4.69) is 6.58 Å². The van der Waals surface area contributed by atoms with E-state index in [4.69, 9.17) is 4.74 Å². The molecule has 2 atom stereocenters. The molecule has 1 N–H and O–H groups in total. The van der Waals surface area contributed by atoms with Crippen molar-refractivity contribution in [3.63, 3.8) is 0 Å². The minimum absolute atomic E-state index is 0.367. The third-order valence-electron chi connectivity index (χ3n) is 6.70. The molecule has 0 saturated carbocycles. The first kappa shape index (κ1) is 26.5. The summed E-state index contributed by atoms with van der Waals surface area (Å²) in [4.78, 5) is 0. The number of allylic oxidation sites excluding steroid dienone is 4. The van der Waals surface area contributed by atoms with Gasteiger partial charge in [-0.05, 0) is 72.6 Å². The minimum Gasteiger partial charge on any atom is -0.493 e. The zero-order valence-corrected chi connectivity index (χ0v) is 20.9. The summed E-state index contributed by atoms with van der Waals surface area (Å²) >= 11 is 0. The van der Waals surface area contributed by atoms with Crippen molar-refractivity contribution in [2.24, 2.45) is 0 Å². The van der Waals surface area contributed by atoms with Crippen molar-refractivity contribution in [1.82, 2.24) is 0 Å². The first-order valence-electron chi connectivity index (χ1n) is 12.5. The van der Waals surface area contributed by atoms with E-state index in [0.717, 1.165) is 16.7 Å². The predicted octanol–water partition coefficient (Wildman–Crippen LogP) is 8.70. The number of benzene rings is 3. The molecular formula is C32H31F3O2. The summed E-state index contributed by atoms with van der Waals surface area (Å²) < 4.78 is 49.9. The van der Waals surface area contributed by atoms with E-state index in [1.807, 2.05) is 24.3 Å². The average Bonchev–Trinajstić information content (AvgIpc) is 2.90. The molecule has 0 bridgehead atoms. The van der Waals surface area contributed by atoms with Gasteiger partial charge in [-0.25, -0.2) is 13.2 Å². The van der Waals surface area contributed by atoms with Gasteiger partial charge in [0.25, 0.3) is 0 Å². The molecule has 37 heavy (non-hydrogen) atoms. The Kier molecular flexibility index (Phi) is 8.67. The molecule has 192 valence electrons. The van der Waals surface area contributed by atoms with Crippen molar-refractivity contribution in [3.8, 4) is 16.9 Å². The fourth-order valence-corrected chi connectivity index (χ4v) is 4.47. The highest BCUT2D eigenvalue weighted by Gasteiger charge is 2.26. The molecule has 2 nitrogen and oxygen atoms in total. The van der Waals surface area contributed by atoms with E-state index in [0.29, 0.717) is 54.7 Å². The summed E-state index contributed by atoms with van der Waals surface area (Å²) in [6, 6.07) is 19.2. The van der Waals surface area contributed by atoms with Gasteiger partial charge >= 0.3 is 0 Å². The standard InChI is InChI=1S/C32H31F3O2/c1-3-4-19-37-27-16-18-28(30(33)20-27)24-8-5-22(6-9-24)7-10-26-15-17-29(32(35)31(26)34)25-13-11-23(12-14-25)21(2)36/h3,5-6,8-9,11-16,18,20-21,29,36H,1,4,7,10,17,19H2,2H3. The van der Waals surface area contributed by atoms with Crippen LogP contribution in [-0.2, 0) is 6.42 Å². The second kappa shape index (κ2) is 12.1. The summed E-state index contributed by atoms with van der Waals surface area (Å²) in [6.07, 6.45) is 4.89. The second-order valence-electron chi connectivity index (χ2n) is 9.29. The van der Waals surface area contributed by atoms with Crippen molar-refractivity contribution in [3.05, 3.63) is 125 Å². The highest BCUT2D eigenvalue weighted by Crippen LogP contribution is 2.40. The summed E-state index contributed by atoms with van der Waals surface area (Å²) in [6.45, 7) is 5.75. The van der Waals surface area contributed by atoms with Gasteiger partial charge in [0.2, 0.25) is 0 Å². The van der Waals surface area contributed by atoms with Gasteiger partial charge in [0, 0.05) is 17.5 Å². The Hall–Kier alpha value is -3.57. The third-order valence-corrected chi connectivity index (χ3v) is 6.70. The van der Waals surface area contributed by atoms with Crippen LogP contribution in [0.15, 0.2) is 103 Å². The molecule has 3 aromatic carbocycles. The molecule has 1 aliphatic carbocycles. The predicted molar refractivity (Wildman–Crippen MR) is 142 cm³/mol. The summed E-state index contributed by atoms with van der Waals surface area (Å²) in [5.41, 5.74) is 3.96. The zero-order valence-electron chi connectivity index (χ0n) is 20.9. The summed E-state index contributed by atoms with van der Waals surface area (Å²) in [7, 11) is 0. The first-order valence-corrected chi connectivity index (χ1v) is 12.5. The van der Waals surface area contributed by atoms with Crippen molar-refractivity contribution >= 4 is 0 Å². The number of aliphatic hydroxyl groups excluding tert-OH is 1. The number of ether oxygens (including phenoxy) is 1. The Bertz CT molecular complexity index is 1290. The maximum Gasteiger partial charge on any atom is 0.158 e. The van der Waals surface area contributed by atoms with Crippen molar-refractivity contribution in [2.45, 2.75) is 44.6 Å². The topological polar surface area (TPSA) is 29.5 Å². The molecule has 0 heterocycles. The number of aryl methyl sites for hydroxylation is 1. The molecule has 0 radical (unpaired) electrons. The lowest BCUT2D eigenvalue weighted by atomic mass is 9.86. The van der Waals surface area contributed by atoms with Crippen LogP contribution < -0.4 is 4.74 Å². The fourth-order valence-electron chi connectivity index (χ4n) is 4.47. The minimum atomic E-state index is -0.787. The second-order valence-corrected chi connectivity index (χ2v) is 9.29. The van der Waals surface area contributed by atoms with Gasteiger partial charge in [0.05, 0.1) is 12.7 Å². The van der Waals surface area contributed by atoms with Crippen molar-refractivity contribution in [1.29, 1.82) is 0 Å². The van der Waals surface area contributed by atoms with E-state index in [-0.39, 0.29) is 5.82 Å². The summed E-state index contributed by atoms with van der Waals surface area (Å²) in [5, 5.41) is 9.66. The molecule has 3 aromatic rings. The van der Waals surface area contributed by atoms with E-state index >= 15 is 0 Å². The molecule has 0 saturated heterocycles. The Labute approximate surface area is 216 Å². The SMILES string of the molecule is C=CCCOc1ccc(-c2ccc(CCC3=CCC(c4ccc(C(C)O)cc4)C(F)=C3F)cc2)c(F)c1. The van der Waals surface area contributed by atoms with Crippen LogP contribution in [0.25, 0.3) is 11.1 Å². The van der Waals surface area contributed by atoms with Crippen LogP contribution in [0.4, 0.5) is 13.2 Å². The molecule has 2 unspecified atom stereocenters. The van der Waals surface area contributed by atoms with Crippen molar-refractivity contribution in [2.75, 3.05) is 6.61 Å². The number of aliphatic hydroxyl groups is 1. The van der Waals surface area contributed by atoms with Crippen molar-refractivity contribution < 1.29 is 23.0 Å². The molecule has 5 heteroatoms. The monoisotopic (exact) mass is 504 g/mol. The van der Waals surface area contributed by atoms with Crippen LogP contribution in [0, 0.1) is 5.82 Å². The molecule has 0 amide bonds. The molecule has 0 spiro atoms. The van der Waals surface area contributed by atoms with Gasteiger partial charge in [-0.3, -0.25) is 0 Å². The maximum absolute atomic E-state index is 14.9. The van der Waals surface area contributed by atoms with Crippen LogP contribution >= 0.6 is 0 Å². The maximum atomic E-state index is 14.9. The molecule has 0 aromatic heterocycles. The van der Waals surface area contributed by atoms with E-state index in [1.165, 1.54) is 6.07 Å². The van der Waals surface area contributed by atoms with Crippen LogP contribution in [-0.4, -0.2) is 11.7 Å². The fraction of sp³-hybridized carbons (Fsp3) is 0.250. The quantitative estimate of drug-likeness (QED) is 0.221. The molecule has 4 rings (SSSR count). The van der Waals surface area contributed by atoms with Crippen LogP contribution in [0.5, 0.6) is 5.75 Å². The Morgan fingerprint density at radius 2 is 1.73 bits per heavy atom. The molecular weight excluding hydrogens is 473 g/mol. The zero-order chi connectivity index (χ0) is 26.4. The Morgan fingerprint density at radius 3 is 2.38 bits per heavy atom. The average molecular weight is 505 g/mol. The normalized spacial score (nSPS) is 16.4. The molecule has 0 aliphatic heterocycles. The summed E-state index contributed by atoms with van der Waals surface area (Å²) in [5.74, 6) is -2.08. The lowest BCUT2D eigenvalue weighted by Crippen LogP contribution is -2.07. The lowest BCUT2D eigenvalue weighted by Gasteiger charge is -2.21. The van der Waals surface area contributed by atoms with Gasteiger partial charge in [-0.1, -0.05) is 60.7 Å². The van der Waals surface area contributed by atoms with E-state index < -0.39 is 23.7 Å². The van der Waals surface area contributed by atoms with Crippen LogP contribution in [0.3, 0.4) is 0 Å². The van der Waals surface area contributed by atoms with Gasteiger partial charge in [-0.2, -0.15) is 0 Å². The van der Waals surface area contributed by atoms with Gasteiger partial charge in [0.1, 0.15) is 17.4 Å². The highest BCUT2D eigenvalue weighted by atomic mass is 19.2. The molecule has 1 aliphatic rings. The van der Waals surface area contributed by atoms with Crippen LogP contribution in [0.2, 0.25) is 0 Å². The largest absolute Gasteiger partial charge is 0.493 e. The van der Waals surface area contributed by atoms with Gasteiger partial charge in [0.15, 0.2) is 5.83 Å². The first-order chi connectivity index (χ1) is 17.9. The lowest BCUT2D eigenvalue weighted by molar-refractivity contribution is 0.199. The number of rotatable bonds is 10. The smallest absolute Gasteiger partial charge is 0.158 e. The van der Waals surface area contributed by atoms with Gasteiger partial charge < -0.3 is 9.84 Å². The molecule has 0 fully saturated rings. The highest BCUT2D eigenvalue weighted by molar-refractivity contribution is 5.65. The van der Waals surface area contributed by atoms with E-state index in [1.54, 1.807) is 55.5 Å². The Morgan fingerprint density at radius 1 is 1.00 bits per heavy atom. The van der Waals surface area contributed by atoms with Gasteiger partial charge in [-0.15, -0.1) is 6.58 Å². The number of hydrogen-bond donors (Lipinski definition) is 1. The number of hydrogen-bond acceptors (Lipinski definition) is 2. The van der Waals surface area contributed by atoms with E-state index in [9.17, 15) is 18.3 Å². The number of halogens is 3. The van der Waals surface area contributed by atoms with Crippen LogP contribution in [0.1, 0.15) is 54.9 Å².